The van der Waals surface area contributed by atoms with E-state index >= 15 is 0 Å². The lowest BCUT2D eigenvalue weighted by Gasteiger charge is -2.27. The molecule has 1 aliphatic heterocycles. The number of hydrogen-bond acceptors (Lipinski definition) is 5. The fourth-order valence-electron chi connectivity index (χ4n) is 2.77. The van der Waals surface area contributed by atoms with Gasteiger partial charge in [0, 0.05) is 18.8 Å². The third-order valence-corrected chi connectivity index (χ3v) is 5.05. The van der Waals surface area contributed by atoms with Gasteiger partial charge in [0.25, 0.3) is 0 Å². The van der Waals surface area contributed by atoms with E-state index in [2.05, 4.69) is 21.1 Å². The summed E-state index contributed by atoms with van der Waals surface area (Å²) >= 11 is 0. The second kappa shape index (κ2) is 8.62. The molecule has 140 valence electrons. The SMILES string of the molecule is CS(=O)(=O)NCc1cccc(CCc2cncc(OC[C@@H]3CCN3)c2)c1. The molecule has 1 aromatic carbocycles. The number of nitrogens with zero attached hydrogens (tertiary/aromatic N) is 1. The third-order valence-electron chi connectivity index (χ3n) is 4.38. The molecule has 2 heterocycles. The number of pyridine rings is 1. The molecule has 2 N–H and O–H groups in total. The predicted octanol–water partition coefficient (Wildman–Crippen LogP) is 1.66. The number of aromatic nitrogens is 1. The highest BCUT2D eigenvalue weighted by atomic mass is 32.2. The van der Waals surface area contributed by atoms with Crippen LogP contribution >= 0.6 is 0 Å². The quantitative estimate of drug-likeness (QED) is 0.697. The van der Waals surface area contributed by atoms with Crippen LogP contribution in [0.2, 0.25) is 0 Å². The van der Waals surface area contributed by atoms with Crippen molar-refractivity contribution >= 4 is 10.0 Å². The molecule has 0 radical (unpaired) electrons. The summed E-state index contributed by atoms with van der Waals surface area (Å²) in [5.74, 6) is 0.808. The van der Waals surface area contributed by atoms with Gasteiger partial charge in [-0.25, -0.2) is 13.1 Å². The first-order chi connectivity index (χ1) is 12.5. The summed E-state index contributed by atoms with van der Waals surface area (Å²) in [5, 5.41) is 3.31. The Balaban J connectivity index is 1.53. The van der Waals surface area contributed by atoms with Crippen LogP contribution < -0.4 is 14.8 Å². The molecule has 1 aliphatic rings. The van der Waals surface area contributed by atoms with Gasteiger partial charge < -0.3 is 10.1 Å². The standard InChI is InChI=1S/C19H25N3O3S/c1-26(23,24)22-12-16-4-2-3-15(9-16)5-6-17-10-19(13-20-11-17)25-14-18-7-8-21-18/h2-4,9-11,13,18,21-22H,5-8,12,14H2,1H3/t18-/m0/s1. The molecule has 1 fully saturated rings. The summed E-state index contributed by atoms with van der Waals surface area (Å²) in [6.07, 6.45) is 7.66. The molecular weight excluding hydrogens is 350 g/mol. The van der Waals surface area contributed by atoms with E-state index in [4.69, 9.17) is 4.74 Å². The summed E-state index contributed by atoms with van der Waals surface area (Å²) in [5.41, 5.74) is 3.25. The molecule has 1 saturated heterocycles. The van der Waals surface area contributed by atoms with E-state index in [1.54, 1.807) is 6.20 Å². The zero-order valence-corrected chi connectivity index (χ0v) is 15.8. The number of aryl methyl sites for hydroxylation is 2. The highest BCUT2D eigenvalue weighted by Crippen LogP contribution is 2.15. The summed E-state index contributed by atoms with van der Waals surface area (Å²) in [6, 6.07) is 10.5. The van der Waals surface area contributed by atoms with Crippen LogP contribution in [-0.4, -0.2) is 38.9 Å². The van der Waals surface area contributed by atoms with Crippen LogP contribution in [0.1, 0.15) is 23.1 Å². The van der Waals surface area contributed by atoms with Crippen LogP contribution in [0.3, 0.4) is 0 Å². The monoisotopic (exact) mass is 375 g/mol. The number of ether oxygens (including phenoxy) is 1. The largest absolute Gasteiger partial charge is 0.490 e. The van der Waals surface area contributed by atoms with Crippen LogP contribution in [0.15, 0.2) is 42.7 Å². The Labute approximate surface area is 155 Å². The van der Waals surface area contributed by atoms with Crippen molar-refractivity contribution < 1.29 is 13.2 Å². The summed E-state index contributed by atoms with van der Waals surface area (Å²) < 4.78 is 30.7. The number of sulfonamides is 1. The van der Waals surface area contributed by atoms with Crippen LogP contribution in [0.5, 0.6) is 5.75 Å². The van der Waals surface area contributed by atoms with Crippen molar-refractivity contribution in [3.63, 3.8) is 0 Å². The topological polar surface area (TPSA) is 80.3 Å². The van der Waals surface area contributed by atoms with E-state index in [1.807, 2.05) is 30.5 Å². The third kappa shape index (κ3) is 6.09. The summed E-state index contributed by atoms with van der Waals surface area (Å²) in [4.78, 5) is 4.27. The van der Waals surface area contributed by atoms with Crippen molar-refractivity contribution in [2.75, 3.05) is 19.4 Å². The number of rotatable bonds is 9. The average Bonchev–Trinajstić information content (AvgIpc) is 2.57. The minimum Gasteiger partial charge on any atom is -0.490 e. The molecule has 0 spiro atoms. The lowest BCUT2D eigenvalue weighted by atomic mass is 10.0. The fraction of sp³-hybridized carbons (Fsp3) is 0.421. The Hall–Kier alpha value is -1.96. The molecule has 1 aromatic heterocycles. The van der Waals surface area contributed by atoms with Crippen molar-refractivity contribution in [2.45, 2.75) is 31.8 Å². The second-order valence-corrected chi connectivity index (χ2v) is 8.53. The molecule has 1 atom stereocenters. The summed E-state index contributed by atoms with van der Waals surface area (Å²) in [7, 11) is -3.18. The minimum atomic E-state index is -3.18. The van der Waals surface area contributed by atoms with Gasteiger partial charge >= 0.3 is 0 Å². The normalized spacial score (nSPS) is 16.9. The first-order valence-corrected chi connectivity index (χ1v) is 10.7. The highest BCUT2D eigenvalue weighted by Gasteiger charge is 2.16. The van der Waals surface area contributed by atoms with Crippen LogP contribution in [0.25, 0.3) is 0 Å². The van der Waals surface area contributed by atoms with Crippen LogP contribution in [0.4, 0.5) is 0 Å². The van der Waals surface area contributed by atoms with Crippen molar-refractivity contribution in [3.8, 4) is 5.75 Å². The molecular formula is C19H25N3O3S. The van der Waals surface area contributed by atoms with E-state index in [9.17, 15) is 8.42 Å². The second-order valence-electron chi connectivity index (χ2n) is 6.69. The van der Waals surface area contributed by atoms with E-state index in [0.29, 0.717) is 19.2 Å². The highest BCUT2D eigenvalue weighted by molar-refractivity contribution is 7.88. The molecule has 0 unspecified atom stereocenters. The predicted molar refractivity (Wildman–Crippen MR) is 102 cm³/mol. The Morgan fingerprint density at radius 3 is 2.69 bits per heavy atom. The average molecular weight is 375 g/mol. The van der Waals surface area contributed by atoms with E-state index in [-0.39, 0.29) is 0 Å². The zero-order valence-electron chi connectivity index (χ0n) is 14.9. The molecule has 0 amide bonds. The Bertz CT molecular complexity index is 835. The van der Waals surface area contributed by atoms with Gasteiger partial charge in [-0.1, -0.05) is 24.3 Å². The van der Waals surface area contributed by atoms with Crippen LogP contribution in [-0.2, 0) is 29.4 Å². The first-order valence-electron chi connectivity index (χ1n) is 8.80. The van der Waals surface area contributed by atoms with Gasteiger partial charge in [0.2, 0.25) is 10.0 Å². The number of nitrogens with one attached hydrogen (secondary N) is 2. The lowest BCUT2D eigenvalue weighted by Crippen LogP contribution is -2.46. The minimum absolute atomic E-state index is 0.312. The lowest BCUT2D eigenvalue weighted by molar-refractivity contribution is 0.217. The van der Waals surface area contributed by atoms with Gasteiger partial charge in [0.1, 0.15) is 12.4 Å². The van der Waals surface area contributed by atoms with Gasteiger partial charge in [0.05, 0.1) is 12.5 Å². The number of hydrogen-bond donors (Lipinski definition) is 2. The molecule has 26 heavy (non-hydrogen) atoms. The molecule has 2 aromatic rings. The Morgan fingerprint density at radius 2 is 1.96 bits per heavy atom. The van der Waals surface area contributed by atoms with Gasteiger partial charge in [-0.2, -0.15) is 0 Å². The van der Waals surface area contributed by atoms with Gasteiger partial charge in [-0.05, 0) is 48.6 Å². The van der Waals surface area contributed by atoms with Crippen molar-refractivity contribution in [2.24, 2.45) is 0 Å². The Kier molecular flexibility index (Phi) is 6.24. The Morgan fingerprint density at radius 1 is 1.19 bits per heavy atom. The maximum Gasteiger partial charge on any atom is 0.209 e. The van der Waals surface area contributed by atoms with E-state index < -0.39 is 10.0 Å². The maximum absolute atomic E-state index is 11.2. The zero-order chi connectivity index (χ0) is 18.4. The van der Waals surface area contributed by atoms with Crippen LogP contribution in [0, 0.1) is 0 Å². The smallest absolute Gasteiger partial charge is 0.209 e. The van der Waals surface area contributed by atoms with Gasteiger partial charge in [-0.15, -0.1) is 0 Å². The molecule has 0 bridgehead atoms. The van der Waals surface area contributed by atoms with E-state index in [1.165, 1.54) is 11.8 Å². The van der Waals surface area contributed by atoms with Gasteiger partial charge in [-0.3, -0.25) is 4.98 Å². The molecule has 6 nitrogen and oxygen atoms in total. The van der Waals surface area contributed by atoms with Gasteiger partial charge in [0.15, 0.2) is 0 Å². The first kappa shape index (κ1) is 18.8. The molecule has 0 saturated carbocycles. The fourth-order valence-corrected chi connectivity index (χ4v) is 3.19. The van der Waals surface area contributed by atoms with Crippen molar-refractivity contribution in [1.29, 1.82) is 0 Å². The molecule has 3 rings (SSSR count). The van der Waals surface area contributed by atoms with Crippen molar-refractivity contribution in [3.05, 3.63) is 59.4 Å². The summed E-state index contributed by atoms with van der Waals surface area (Å²) in [6.45, 7) is 2.07. The number of benzene rings is 1. The van der Waals surface area contributed by atoms with E-state index in [0.717, 1.165) is 42.7 Å². The molecule has 7 heteroatoms. The van der Waals surface area contributed by atoms with Crippen molar-refractivity contribution in [1.82, 2.24) is 15.0 Å². The molecule has 0 aliphatic carbocycles. The maximum atomic E-state index is 11.2.